The fraction of sp³-hybridized carbons (Fsp3) is 0.538. The third-order valence-corrected chi connectivity index (χ3v) is 3.35. The van der Waals surface area contributed by atoms with Crippen molar-refractivity contribution in [2.45, 2.75) is 38.6 Å². The van der Waals surface area contributed by atoms with Crippen LogP contribution in [0.2, 0.25) is 0 Å². The van der Waals surface area contributed by atoms with Crippen LogP contribution in [0.15, 0.2) is 18.2 Å². The van der Waals surface area contributed by atoms with Gasteiger partial charge in [0.15, 0.2) is 0 Å². The minimum absolute atomic E-state index is 0.159. The van der Waals surface area contributed by atoms with Gasteiger partial charge in [0.05, 0.1) is 0 Å². The monoisotopic (exact) mass is 269 g/mol. The van der Waals surface area contributed by atoms with Crippen LogP contribution in [0, 0.1) is 6.92 Å². The molecular formula is C13H20BrN. The summed E-state index contributed by atoms with van der Waals surface area (Å²) in [4.78, 5) is 2.32. The minimum atomic E-state index is 0.159. The highest BCUT2D eigenvalue weighted by atomic mass is 79.9. The van der Waals surface area contributed by atoms with Crippen molar-refractivity contribution >= 4 is 21.6 Å². The van der Waals surface area contributed by atoms with E-state index in [-0.39, 0.29) is 5.54 Å². The van der Waals surface area contributed by atoms with Crippen LogP contribution in [0.3, 0.4) is 0 Å². The maximum atomic E-state index is 3.55. The van der Waals surface area contributed by atoms with Gasteiger partial charge >= 0.3 is 0 Å². The molecule has 2 heteroatoms. The lowest BCUT2D eigenvalue weighted by Crippen LogP contribution is -2.38. The van der Waals surface area contributed by atoms with Gasteiger partial charge in [-0.3, -0.25) is 0 Å². The number of anilines is 1. The van der Waals surface area contributed by atoms with Crippen LogP contribution >= 0.6 is 15.9 Å². The Labute approximate surface area is 102 Å². The summed E-state index contributed by atoms with van der Waals surface area (Å²) in [6.07, 6.45) is 0. The highest BCUT2D eigenvalue weighted by molar-refractivity contribution is 9.08. The van der Waals surface area contributed by atoms with Crippen LogP contribution in [-0.2, 0) is 5.33 Å². The van der Waals surface area contributed by atoms with Crippen molar-refractivity contribution in [3.05, 3.63) is 29.3 Å². The first-order valence-electron chi connectivity index (χ1n) is 5.25. The number of aryl methyl sites for hydroxylation is 1. The molecule has 15 heavy (non-hydrogen) atoms. The lowest BCUT2D eigenvalue weighted by atomic mass is 10.0. The van der Waals surface area contributed by atoms with E-state index >= 15 is 0 Å². The van der Waals surface area contributed by atoms with Crippen molar-refractivity contribution in [3.63, 3.8) is 0 Å². The van der Waals surface area contributed by atoms with Crippen LogP contribution in [0.1, 0.15) is 31.9 Å². The van der Waals surface area contributed by atoms with E-state index in [1.807, 2.05) is 0 Å². The molecule has 0 amide bonds. The normalized spacial score (nSPS) is 11.6. The maximum absolute atomic E-state index is 3.55. The predicted octanol–water partition coefficient (Wildman–Crippen LogP) is 4.12. The quantitative estimate of drug-likeness (QED) is 0.730. The Hall–Kier alpha value is -0.500. The molecule has 1 aromatic rings. The molecule has 1 rings (SSSR count). The molecule has 0 aliphatic carbocycles. The largest absolute Gasteiger partial charge is 0.370 e. The number of hydrogen-bond acceptors (Lipinski definition) is 1. The number of hydrogen-bond donors (Lipinski definition) is 0. The summed E-state index contributed by atoms with van der Waals surface area (Å²) >= 11 is 3.55. The van der Waals surface area contributed by atoms with E-state index in [0.717, 1.165) is 5.33 Å². The second kappa shape index (κ2) is 4.56. The minimum Gasteiger partial charge on any atom is -0.370 e. The molecule has 0 aromatic heterocycles. The van der Waals surface area contributed by atoms with Gasteiger partial charge in [-0.2, -0.15) is 0 Å². The fourth-order valence-corrected chi connectivity index (χ4v) is 1.96. The van der Waals surface area contributed by atoms with Crippen LogP contribution in [0.4, 0.5) is 5.69 Å². The molecule has 0 aliphatic heterocycles. The third-order valence-electron chi connectivity index (χ3n) is 2.75. The van der Waals surface area contributed by atoms with Gasteiger partial charge in [-0.05, 0) is 39.3 Å². The van der Waals surface area contributed by atoms with E-state index in [0.29, 0.717) is 0 Å². The average molecular weight is 270 g/mol. The van der Waals surface area contributed by atoms with Gasteiger partial charge in [0.1, 0.15) is 0 Å². The Morgan fingerprint density at radius 2 is 1.87 bits per heavy atom. The molecule has 0 unspecified atom stereocenters. The summed E-state index contributed by atoms with van der Waals surface area (Å²) in [6.45, 7) is 8.81. The Balaban J connectivity index is 3.14. The molecule has 0 bridgehead atoms. The van der Waals surface area contributed by atoms with Crippen molar-refractivity contribution in [2.24, 2.45) is 0 Å². The number of halogens is 1. The summed E-state index contributed by atoms with van der Waals surface area (Å²) in [5, 5.41) is 0.907. The highest BCUT2D eigenvalue weighted by Gasteiger charge is 2.19. The van der Waals surface area contributed by atoms with Crippen molar-refractivity contribution in [3.8, 4) is 0 Å². The molecule has 0 saturated carbocycles. The molecule has 0 atom stereocenters. The molecule has 0 aliphatic rings. The van der Waals surface area contributed by atoms with E-state index in [9.17, 15) is 0 Å². The first kappa shape index (κ1) is 12.6. The summed E-state index contributed by atoms with van der Waals surface area (Å²) in [5.74, 6) is 0. The van der Waals surface area contributed by atoms with E-state index in [2.05, 4.69) is 73.8 Å². The van der Waals surface area contributed by atoms with Crippen molar-refractivity contribution < 1.29 is 0 Å². The van der Waals surface area contributed by atoms with Crippen LogP contribution in [0.5, 0.6) is 0 Å². The molecule has 0 fully saturated rings. The summed E-state index contributed by atoms with van der Waals surface area (Å²) in [7, 11) is 2.15. The van der Waals surface area contributed by atoms with Crippen molar-refractivity contribution in [1.29, 1.82) is 0 Å². The topological polar surface area (TPSA) is 3.24 Å². The predicted molar refractivity (Wildman–Crippen MR) is 72.0 cm³/mol. The molecule has 0 radical (unpaired) electrons. The van der Waals surface area contributed by atoms with E-state index in [4.69, 9.17) is 0 Å². The van der Waals surface area contributed by atoms with Crippen molar-refractivity contribution in [2.75, 3.05) is 11.9 Å². The molecule has 1 nitrogen and oxygen atoms in total. The zero-order valence-corrected chi connectivity index (χ0v) is 11.9. The SMILES string of the molecule is Cc1ccc(N(C)C(C)(C)C)c(CBr)c1. The molecule has 0 spiro atoms. The molecule has 0 N–H and O–H groups in total. The van der Waals surface area contributed by atoms with E-state index < -0.39 is 0 Å². The average Bonchev–Trinajstić information content (AvgIpc) is 2.15. The zero-order valence-electron chi connectivity index (χ0n) is 10.3. The second-order valence-electron chi connectivity index (χ2n) is 5.00. The van der Waals surface area contributed by atoms with E-state index in [1.54, 1.807) is 0 Å². The molecule has 0 heterocycles. The lowest BCUT2D eigenvalue weighted by molar-refractivity contribution is 0.538. The molecular weight excluding hydrogens is 250 g/mol. The van der Waals surface area contributed by atoms with Gasteiger partial charge < -0.3 is 4.90 Å². The molecule has 84 valence electrons. The Morgan fingerprint density at radius 1 is 1.27 bits per heavy atom. The van der Waals surface area contributed by atoms with Crippen LogP contribution < -0.4 is 4.90 Å². The first-order chi connectivity index (χ1) is 6.86. The second-order valence-corrected chi connectivity index (χ2v) is 5.56. The van der Waals surface area contributed by atoms with Gasteiger partial charge in [-0.25, -0.2) is 0 Å². The van der Waals surface area contributed by atoms with Gasteiger partial charge in [-0.1, -0.05) is 33.6 Å². The van der Waals surface area contributed by atoms with Gasteiger partial charge in [0.25, 0.3) is 0 Å². The Bertz CT molecular complexity index is 339. The van der Waals surface area contributed by atoms with Crippen LogP contribution in [-0.4, -0.2) is 12.6 Å². The summed E-state index contributed by atoms with van der Waals surface area (Å²) in [6, 6.07) is 6.62. The van der Waals surface area contributed by atoms with E-state index in [1.165, 1.54) is 16.8 Å². The number of nitrogens with zero attached hydrogens (tertiary/aromatic N) is 1. The molecule has 1 aromatic carbocycles. The Morgan fingerprint density at radius 3 is 2.33 bits per heavy atom. The van der Waals surface area contributed by atoms with Crippen LogP contribution in [0.25, 0.3) is 0 Å². The zero-order chi connectivity index (χ0) is 11.6. The van der Waals surface area contributed by atoms with Crippen molar-refractivity contribution in [1.82, 2.24) is 0 Å². The van der Waals surface area contributed by atoms with Gasteiger partial charge in [0.2, 0.25) is 0 Å². The highest BCUT2D eigenvalue weighted by Crippen LogP contribution is 2.28. The lowest BCUT2D eigenvalue weighted by Gasteiger charge is -2.35. The smallest absolute Gasteiger partial charge is 0.0409 e. The summed E-state index contributed by atoms with van der Waals surface area (Å²) in [5.41, 5.74) is 4.14. The number of benzene rings is 1. The number of alkyl halides is 1. The van der Waals surface area contributed by atoms with Gasteiger partial charge in [-0.15, -0.1) is 0 Å². The first-order valence-corrected chi connectivity index (χ1v) is 6.37. The summed E-state index contributed by atoms with van der Waals surface area (Å²) < 4.78 is 0. The fourth-order valence-electron chi connectivity index (χ4n) is 1.51. The Kier molecular flexibility index (Phi) is 3.82. The molecule has 0 saturated heterocycles. The maximum Gasteiger partial charge on any atom is 0.0409 e. The third kappa shape index (κ3) is 2.97. The van der Waals surface area contributed by atoms with Gasteiger partial charge in [0, 0.05) is 23.6 Å². The number of rotatable bonds is 2. The standard InChI is InChI=1S/C13H20BrN/c1-10-6-7-12(11(8-10)9-14)15(5)13(2,3)4/h6-8H,9H2,1-5H3.